The molecule has 9 heteroatoms. The Labute approximate surface area is 165 Å². The van der Waals surface area contributed by atoms with E-state index >= 15 is 0 Å². The van der Waals surface area contributed by atoms with Crippen molar-refractivity contribution in [2.75, 3.05) is 13.2 Å². The predicted molar refractivity (Wildman–Crippen MR) is 94.6 cm³/mol. The summed E-state index contributed by atoms with van der Waals surface area (Å²) in [5.41, 5.74) is 0. The molecule has 0 rings (SSSR count). The van der Waals surface area contributed by atoms with E-state index in [9.17, 15) is 19.2 Å². The second-order valence-electron chi connectivity index (χ2n) is 6.57. The summed E-state index contributed by atoms with van der Waals surface area (Å²) >= 11 is -5.10. The Morgan fingerprint density at radius 2 is 1.00 bits per heavy atom. The topological polar surface area (TPSA) is 105 Å². The van der Waals surface area contributed by atoms with Crippen LogP contribution in [0.4, 0.5) is 0 Å². The Bertz CT molecular complexity index is 495. The van der Waals surface area contributed by atoms with Gasteiger partial charge in [0.1, 0.15) is 0 Å². The van der Waals surface area contributed by atoms with E-state index in [-0.39, 0.29) is 13.2 Å². The number of carbonyl (C=O) groups is 4. The molecule has 0 radical (unpaired) electrons. The van der Waals surface area contributed by atoms with Crippen LogP contribution in [0.3, 0.4) is 0 Å². The van der Waals surface area contributed by atoms with Crippen molar-refractivity contribution in [1.82, 2.24) is 0 Å². The standard InChI is InChI=1S/2C6H9O3.2C3H7O.Ti/c2*1-3-9-6(4-7)5(2)8;2*1-3(2)4;/h2*6H,3H2,1-2H3;2*3H,1-2H3;/q;;2*-1;+2. The fourth-order valence-electron chi connectivity index (χ4n) is 2.48. The zero-order chi connectivity index (χ0) is 21.4. The summed E-state index contributed by atoms with van der Waals surface area (Å²) in [7, 11) is 0. The maximum atomic E-state index is 13.3. The van der Waals surface area contributed by atoms with E-state index in [1.165, 1.54) is 13.8 Å². The van der Waals surface area contributed by atoms with Crippen LogP contribution >= 0.6 is 0 Å². The van der Waals surface area contributed by atoms with E-state index in [0.717, 1.165) is 0 Å². The van der Waals surface area contributed by atoms with Crippen molar-refractivity contribution in [2.24, 2.45) is 0 Å². The van der Waals surface area contributed by atoms with Gasteiger partial charge in [-0.3, -0.25) is 0 Å². The average Bonchev–Trinajstić information content (AvgIpc) is 2.54. The molecule has 0 aromatic rings. The molecule has 0 aliphatic rings. The van der Waals surface area contributed by atoms with Crippen LogP contribution in [0.15, 0.2) is 0 Å². The molecule has 2 atom stereocenters. The Morgan fingerprint density at radius 3 is 1.19 bits per heavy atom. The fourth-order valence-corrected chi connectivity index (χ4v) is 7.72. The molecule has 8 nitrogen and oxygen atoms in total. The summed E-state index contributed by atoms with van der Waals surface area (Å²) in [6.45, 7) is 12.4. The molecule has 0 heterocycles. The number of hydrogen-bond donors (Lipinski definition) is 0. The van der Waals surface area contributed by atoms with Crippen molar-refractivity contribution >= 4 is 19.7 Å². The Morgan fingerprint density at radius 1 is 0.704 bits per heavy atom. The van der Waals surface area contributed by atoms with E-state index < -0.39 is 61.5 Å². The molecule has 0 aliphatic heterocycles. The molecule has 156 valence electrons. The molecule has 0 amide bonds. The number of rotatable bonds is 14. The average molecular weight is 424 g/mol. The van der Waals surface area contributed by atoms with Gasteiger partial charge in [0.05, 0.1) is 0 Å². The second kappa shape index (κ2) is 11.9. The molecule has 0 bridgehead atoms. The van der Waals surface area contributed by atoms with Crippen LogP contribution in [0.5, 0.6) is 0 Å². The first-order valence-electron chi connectivity index (χ1n) is 9.12. The van der Waals surface area contributed by atoms with Crippen LogP contribution < -0.4 is 0 Å². The van der Waals surface area contributed by atoms with Gasteiger partial charge >= 0.3 is 165 Å². The maximum absolute atomic E-state index is 13.3. The van der Waals surface area contributed by atoms with Crippen LogP contribution in [-0.2, 0) is 52.7 Å². The molecule has 2 unspecified atom stereocenters. The minimum atomic E-state index is -5.10. The predicted octanol–water partition coefficient (Wildman–Crippen LogP) is 1.86. The van der Waals surface area contributed by atoms with Gasteiger partial charge in [-0.25, -0.2) is 0 Å². The molecule has 0 saturated carbocycles. The normalized spacial score (nSPS) is 14.3. The van der Waals surface area contributed by atoms with Crippen LogP contribution in [0, 0.1) is 0 Å². The molecular formula is C18H32O8Ti. The van der Waals surface area contributed by atoms with Crippen LogP contribution in [0.1, 0.15) is 55.4 Å². The fraction of sp³-hybridized carbons (Fsp3) is 0.778. The first kappa shape index (κ1) is 26.2. The number of Topliss-reactive ketones (excluding diaryl/α,β-unsaturated/α-hetero) is 2. The van der Waals surface area contributed by atoms with Crippen molar-refractivity contribution in [2.45, 2.75) is 79.8 Å². The van der Waals surface area contributed by atoms with Crippen molar-refractivity contribution < 1.29 is 52.7 Å². The van der Waals surface area contributed by atoms with Crippen molar-refractivity contribution in [1.29, 1.82) is 0 Å². The monoisotopic (exact) mass is 424 g/mol. The zero-order valence-electron chi connectivity index (χ0n) is 17.5. The van der Waals surface area contributed by atoms with E-state index in [4.69, 9.17) is 16.1 Å². The molecule has 0 spiro atoms. The van der Waals surface area contributed by atoms with Gasteiger partial charge in [-0.1, -0.05) is 0 Å². The number of hydrogen-bond acceptors (Lipinski definition) is 8. The van der Waals surface area contributed by atoms with Crippen LogP contribution in [0.25, 0.3) is 0 Å². The number of ketones is 2. The molecule has 0 aromatic heterocycles. The summed E-state index contributed by atoms with van der Waals surface area (Å²) in [6, 6.07) is 0. The van der Waals surface area contributed by atoms with Gasteiger partial charge < -0.3 is 0 Å². The summed E-state index contributed by atoms with van der Waals surface area (Å²) in [5.74, 6) is -1.11. The molecule has 27 heavy (non-hydrogen) atoms. The Hall–Kier alpha value is -0.766. The molecule has 0 saturated heterocycles. The van der Waals surface area contributed by atoms with E-state index in [1.54, 1.807) is 41.5 Å². The molecule has 0 aliphatic carbocycles. The van der Waals surface area contributed by atoms with Crippen molar-refractivity contribution in [3.05, 3.63) is 0 Å². The number of carbonyl (C=O) groups excluding carboxylic acids is 4. The van der Waals surface area contributed by atoms with Crippen molar-refractivity contribution in [3.63, 3.8) is 0 Å². The summed E-state index contributed by atoms with van der Waals surface area (Å²) < 4.78 is 20.6. The molecule has 0 fully saturated rings. The van der Waals surface area contributed by atoms with Gasteiger partial charge in [-0.15, -0.1) is 0 Å². The van der Waals surface area contributed by atoms with Crippen LogP contribution in [0.2, 0.25) is 0 Å². The number of ether oxygens (including phenoxy) is 2. The third-order valence-corrected chi connectivity index (χ3v) is 8.69. The third kappa shape index (κ3) is 7.29. The van der Waals surface area contributed by atoms with Gasteiger partial charge in [0.15, 0.2) is 0 Å². The molecule has 0 N–H and O–H groups in total. The van der Waals surface area contributed by atoms with E-state index in [2.05, 4.69) is 0 Å². The zero-order valence-corrected chi connectivity index (χ0v) is 19.1. The quantitative estimate of drug-likeness (QED) is 0.307. The van der Waals surface area contributed by atoms with Gasteiger partial charge in [0.25, 0.3) is 0 Å². The van der Waals surface area contributed by atoms with Gasteiger partial charge in [-0.2, -0.15) is 0 Å². The second-order valence-corrected chi connectivity index (χ2v) is 10.8. The Kier molecular flexibility index (Phi) is 11.6. The SMILES string of the molecule is CCOC(C(C)=O)[C](=O)[Ti]([O]C(C)C)([O]C(C)C)[C](=O)C(OCC)C(C)=O. The first-order chi connectivity index (χ1) is 12.4. The van der Waals surface area contributed by atoms with Crippen molar-refractivity contribution in [3.8, 4) is 0 Å². The minimum absolute atomic E-state index is 0.0907. The molecule has 0 aromatic carbocycles. The van der Waals surface area contributed by atoms with Gasteiger partial charge in [0, 0.05) is 0 Å². The molecular weight excluding hydrogens is 392 g/mol. The third-order valence-electron chi connectivity index (χ3n) is 3.33. The first-order valence-corrected chi connectivity index (χ1v) is 12.0. The van der Waals surface area contributed by atoms with Gasteiger partial charge in [0.2, 0.25) is 0 Å². The van der Waals surface area contributed by atoms with E-state index in [0.29, 0.717) is 0 Å². The van der Waals surface area contributed by atoms with Crippen LogP contribution in [-0.4, -0.2) is 57.4 Å². The summed E-state index contributed by atoms with van der Waals surface area (Å²) in [6.07, 6.45) is -4.04. The Balaban J connectivity index is 6.47. The summed E-state index contributed by atoms with van der Waals surface area (Å²) in [4.78, 5) is 50.7. The van der Waals surface area contributed by atoms with E-state index in [1.807, 2.05) is 0 Å². The summed E-state index contributed by atoms with van der Waals surface area (Å²) in [5, 5.41) is 0. The van der Waals surface area contributed by atoms with Gasteiger partial charge in [-0.05, 0) is 0 Å².